The number of halogens is 1. The van der Waals surface area contributed by atoms with Gasteiger partial charge in [-0.25, -0.2) is 4.39 Å². The van der Waals surface area contributed by atoms with E-state index in [0.717, 1.165) is 30.8 Å². The summed E-state index contributed by atoms with van der Waals surface area (Å²) in [5, 5.41) is 10.4. The van der Waals surface area contributed by atoms with Gasteiger partial charge in [0.15, 0.2) is 11.8 Å². The van der Waals surface area contributed by atoms with E-state index in [1.165, 1.54) is 6.07 Å². The lowest BCUT2D eigenvalue weighted by atomic mass is 10.1. The Balaban J connectivity index is 1.71. The fourth-order valence-electron chi connectivity index (χ4n) is 2.27. The predicted octanol–water partition coefficient (Wildman–Crippen LogP) is 2.94. The van der Waals surface area contributed by atoms with Crippen LogP contribution >= 0.6 is 0 Å². The third-order valence-electron chi connectivity index (χ3n) is 3.77. The van der Waals surface area contributed by atoms with Crippen LogP contribution in [-0.2, 0) is 13.0 Å². The minimum Gasteiger partial charge on any atom is -0.356 e. The Hall–Kier alpha value is -2.44. The van der Waals surface area contributed by atoms with Crippen LogP contribution in [0, 0.1) is 12.7 Å². The van der Waals surface area contributed by atoms with Gasteiger partial charge < -0.3 is 15.2 Å². The van der Waals surface area contributed by atoms with Crippen LogP contribution in [0.4, 0.5) is 4.39 Å². The second-order valence-electron chi connectivity index (χ2n) is 6.24. The quantitative estimate of drug-likeness (QED) is 0.458. The molecule has 0 fully saturated rings. The normalized spacial score (nSPS) is 11.8. The fraction of sp³-hybridized carbons (Fsp3) is 0.500. The number of guanidine groups is 1. The molecule has 1 aromatic carbocycles. The number of nitrogens with one attached hydrogen (secondary N) is 2. The molecule has 0 aliphatic rings. The highest BCUT2D eigenvalue weighted by Gasteiger charge is 2.09. The van der Waals surface area contributed by atoms with Crippen LogP contribution in [0.3, 0.4) is 0 Å². The van der Waals surface area contributed by atoms with Crippen LogP contribution in [0.25, 0.3) is 0 Å². The summed E-state index contributed by atoms with van der Waals surface area (Å²) in [5.41, 5.74) is 1.65. The maximum absolute atomic E-state index is 13.3. The third-order valence-corrected chi connectivity index (χ3v) is 3.77. The van der Waals surface area contributed by atoms with Crippen molar-refractivity contribution >= 4 is 5.96 Å². The highest BCUT2D eigenvalue weighted by molar-refractivity contribution is 5.79. The maximum atomic E-state index is 13.3. The summed E-state index contributed by atoms with van der Waals surface area (Å²) in [6.45, 7) is 7.15. The molecule has 2 aromatic rings. The summed E-state index contributed by atoms with van der Waals surface area (Å²) in [5.74, 6) is 2.20. The molecule has 0 amide bonds. The second-order valence-corrected chi connectivity index (χ2v) is 6.24. The molecule has 2 N–H and O–H groups in total. The Morgan fingerprint density at radius 1 is 1.32 bits per heavy atom. The Labute approximate surface area is 147 Å². The SMILES string of the molecule is CN=C(NCCCc1nc(C(C)C)no1)NCc1ccc(F)c(C)c1. The monoisotopic (exact) mass is 347 g/mol. The average Bonchev–Trinajstić information content (AvgIpc) is 3.06. The van der Waals surface area contributed by atoms with Gasteiger partial charge in [-0.3, -0.25) is 4.99 Å². The number of aromatic nitrogens is 2. The van der Waals surface area contributed by atoms with Crippen LogP contribution in [-0.4, -0.2) is 29.7 Å². The average molecular weight is 347 g/mol. The molecule has 6 nitrogen and oxygen atoms in total. The van der Waals surface area contributed by atoms with Gasteiger partial charge >= 0.3 is 0 Å². The molecule has 1 heterocycles. The van der Waals surface area contributed by atoms with Crippen LogP contribution in [0.2, 0.25) is 0 Å². The van der Waals surface area contributed by atoms with Crippen LogP contribution < -0.4 is 10.6 Å². The number of aryl methyl sites for hydroxylation is 2. The van der Waals surface area contributed by atoms with Gasteiger partial charge in [-0.2, -0.15) is 4.98 Å². The van der Waals surface area contributed by atoms with Crippen molar-refractivity contribution in [2.45, 2.75) is 46.1 Å². The molecule has 0 saturated heterocycles. The molecule has 1 aromatic heterocycles. The molecular weight excluding hydrogens is 321 g/mol. The summed E-state index contributed by atoms with van der Waals surface area (Å²) in [6.07, 6.45) is 1.58. The molecule has 7 heteroatoms. The molecule has 0 radical (unpaired) electrons. The molecule has 0 atom stereocenters. The first-order valence-electron chi connectivity index (χ1n) is 8.51. The zero-order valence-corrected chi connectivity index (χ0v) is 15.3. The van der Waals surface area contributed by atoms with Gasteiger partial charge in [0, 0.05) is 32.5 Å². The van der Waals surface area contributed by atoms with Gasteiger partial charge in [0.05, 0.1) is 0 Å². The van der Waals surface area contributed by atoms with E-state index in [0.29, 0.717) is 24.0 Å². The van der Waals surface area contributed by atoms with Crippen LogP contribution in [0.15, 0.2) is 27.7 Å². The first kappa shape index (κ1) is 18.9. The molecular formula is C18H26FN5O. The fourth-order valence-corrected chi connectivity index (χ4v) is 2.27. The van der Waals surface area contributed by atoms with Gasteiger partial charge in [0.1, 0.15) is 5.82 Å². The lowest BCUT2D eigenvalue weighted by Crippen LogP contribution is -2.37. The molecule has 0 bridgehead atoms. The summed E-state index contributed by atoms with van der Waals surface area (Å²) >= 11 is 0. The Morgan fingerprint density at radius 3 is 2.76 bits per heavy atom. The lowest BCUT2D eigenvalue weighted by Gasteiger charge is -2.12. The minimum absolute atomic E-state index is 0.187. The maximum Gasteiger partial charge on any atom is 0.226 e. The topological polar surface area (TPSA) is 75.3 Å². The van der Waals surface area contributed by atoms with Crippen molar-refractivity contribution < 1.29 is 8.91 Å². The van der Waals surface area contributed by atoms with Gasteiger partial charge in [-0.05, 0) is 30.5 Å². The number of hydrogen-bond acceptors (Lipinski definition) is 4. The number of rotatable bonds is 7. The molecule has 0 spiro atoms. The van der Waals surface area contributed by atoms with Crippen molar-refractivity contribution in [3.63, 3.8) is 0 Å². The molecule has 0 aliphatic carbocycles. The largest absolute Gasteiger partial charge is 0.356 e. The zero-order valence-electron chi connectivity index (χ0n) is 15.3. The molecule has 136 valence electrons. The van der Waals surface area contributed by atoms with Crippen molar-refractivity contribution in [2.24, 2.45) is 4.99 Å². The van der Waals surface area contributed by atoms with Gasteiger partial charge in [-0.15, -0.1) is 0 Å². The van der Waals surface area contributed by atoms with E-state index < -0.39 is 0 Å². The van der Waals surface area contributed by atoms with Crippen molar-refractivity contribution in [3.05, 3.63) is 46.9 Å². The van der Waals surface area contributed by atoms with Gasteiger partial charge in [-0.1, -0.05) is 31.1 Å². The van der Waals surface area contributed by atoms with Crippen LogP contribution in [0.5, 0.6) is 0 Å². The number of aliphatic imine (C=N–C) groups is 1. The highest BCUT2D eigenvalue weighted by atomic mass is 19.1. The van der Waals surface area contributed by atoms with E-state index in [-0.39, 0.29) is 11.7 Å². The Kier molecular flexibility index (Phi) is 6.91. The van der Waals surface area contributed by atoms with E-state index >= 15 is 0 Å². The number of benzene rings is 1. The summed E-state index contributed by atoms with van der Waals surface area (Å²) in [4.78, 5) is 8.54. The molecule has 0 aliphatic heterocycles. The lowest BCUT2D eigenvalue weighted by molar-refractivity contribution is 0.368. The van der Waals surface area contributed by atoms with E-state index in [2.05, 4.69) is 25.8 Å². The van der Waals surface area contributed by atoms with Crippen molar-refractivity contribution in [2.75, 3.05) is 13.6 Å². The third kappa shape index (κ3) is 5.85. The van der Waals surface area contributed by atoms with Crippen LogP contribution in [0.1, 0.15) is 49.0 Å². The first-order chi connectivity index (χ1) is 12.0. The van der Waals surface area contributed by atoms with Crippen molar-refractivity contribution in [3.8, 4) is 0 Å². The summed E-state index contributed by atoms with van der Waals surface area (Å²) in [6, 6.07) is 5.08. The van der Waals surface area contributed by atoms with Gasteiger partial charge in [0.2, 0.25) is 5.89 Å². The number of hydrogen-bond donors (Lipinski definition) is 2. The number of nitrogens with zero attached hydrogens (tertiary/aromatic N) is 3. The highest BCUT2D eigenvalue weighted by Crippen LogP contribution is 2.10. The summed E-state index contributed by atoms with van der Waals surface area (Å²) in [7, 11) is 1.72. The minimum atomic E-state index is -0.187. The zero-order chi connectivity index (χ0) is 18.2. The molecule has 0 unspecified atom stereocenters. The van der Waals surface area contributed by atoms with E-state index in [1.54, 1.807) is 20.0 Å². The predicted molar refractivity (Wildman–Crippen MR) is 96.0 cm³/mol. The molecule has 25 heavy (non-hydrogen) atoms. The summed E-state index contributed by atoms with van der Waals surface area (Å²) < 4.78 is 18.5. The Bertz CT molecular complexity index is 711. The molecule has 0 saturated carbocycles. The first-order valence-corrected chi connectivity index (χ1v) is 8.51. The second kappa shape index (κ2) is 9.15. The van der Waals surface area contributed by atoms with E-state index in [9.17, 15) is 4.39 Å². The standard InChI is InChI=1S/C18H26FN5O/c1-12(2)17-23-16(25-24-17)6-5-9-21-18(20-4)22-11-14-7-8-15(19)13(3)10-14/h7-8,10,12H,5-6,9,11H2,1-4H3,(H2,20,21,22). The van der Waals surface area contributed by atoms with Gasteiger partial charge in [0.25, 0.3) is 0 Å². The Morgan fingerprint density at radius 2 is 2.12 bits per heavy atom. The van der Waals surface area contributed by atoms with E-state index in [4.69, 9.17) is 4.52 Å². The smallest absolute Gasteiger partial charge is 0.226 e. The van der Waals surface area contributed by atoms with E-state index in [1.807, 2.05) is 19.9 Å². The van der Waals surface area contributed by atoms with Crippen molar-refractivity contribution in [1.82, 2.24) is 20.8 Å². The molecule has 2 rings (SSSR count). The van der Waals surface area contributed by atoms with Crippen molar-refractivity contribution in [1.29, 1.82) is 0 Å².